The second-order valence-corrected chi connectivity index (χ2v) is 14.5. The summed E-state index contributed by atoms with van der Waals surface area (Å²) in [6, 6.07) is 40.1. The van der Waals surface area contributed by atoms with Gasteiger partial charge < -0.3 is 23.7 Å². The fourth-order valence-corrected chi connectivity index (χ4v) is 5.77. The maximum atomic E-state index is 13.1. The summed E-state index contributed by atoms with van der Waals surface area (Å²) in [4.78, 5) is 0. The van der Waals surface area contributed by atoms with E-state index in [2.05, 4.69) is 4.40 Å². The van der Waals surface area contributed by atoms with Crippen molar-refractivity contribution in [3.8, 4) is 0 Å². The number of nitrogens with zero attached hydrogens (tertiary/aromatic N) is 1. The van der Waals surface area contributed by atoms with Crippen LogP contribution in [0.1, 0.15) is 43.0 Å². The van der Waals surface area contributed by atoms with Crippen molar-refractivity contribution in [3.05, 3.63) is 144 Å². The Morgan fingerprint density at radius 3 is 1.47 bits per heavy atom. The first-order valence-electron chi connectivity index (χ1n) is 16.1. The molecule has 47 heavy (non-hydrogen) atoms. The predicted molar refractivity (Wildman–Crippen MR) is 186 cm³/mol. The van der Waals surface area contributed by atoms with Crippen LogP contribution in [-0.2, 0) is 61.1 Å². The molecule has 1 saturated heterocycles. The van der Waals surface area contributed by atoms with Crippen LogP contribution in [0.3, 0.4) is 0 Å². The molecule has 0 radical (unpaired) electrons. The van der Waals surface area contributed by atoms with E-state index in [0.29, 0.717) is 26.4 Å². The van der Waals surface area contributed by atoms with Gasteiger partial charge in [0.15, 0.2) is 0 Å². The molecule has 0 amide bonds. The molecule has 4 aromatic carbocycles. The van der Waals surface area contributed by atoms with Crippen LogP contribution in [0.25, 0.3) is 0 Å². The number of rotatable bonds is 15. The van der Waals surface area contributed by atoms with Gasteiger partial charge in [-0.05, 0) is 43.0 Å². The lowest BCUT2D eigenvalue weighted by atomic mass is 9.94. The van der Waals surface area contributed by atoms with E-state index in [0.717, 1.165) is 22.3 Å². The minimum absolute atomic E-state index is 0.248. The highest BCUT2D eigenvalue weighted by Crippen LogP contribution is 2.31. The summed E-state index contributed by atoms with van der Waals surface area (Å²) in [7, 11) is -1.49. The van der Waals surface area contributed by atoms with Crippen LogP contribution in [0.5, 0.6) is 0 Å². The number of hydrogen-bond donors (Lipinski definition) is 0. The van der Waals surface area contributed by atoms with E-state index in [4.69, 9.17) is 23.7 Å². The highest BCUT2D eigenvalue weighted by Gasteiger charge is 2.48. The van der Waals surface area contributed by atoms with Gasteiger partial charge in [-0.2, -0.15) is 4.40 Å². The second kappa shape index (κ2) is 17.6. The fraction of sp³-hybridized carbons (Fsp3) is 0.359. The summed E-state index contributed by atoms with van der Waals surface area (Å²) in [6.45, 7) is 7.37. The van der Waals surface area contributed by atoms with Gasteiger partial charge in [0.2, 0.25) is 0 Å². The van der Waals surface area contributed by atoms with Crippen molar-refractivity contribution in [2.24, 2.45) is 4.40 Å². The normalized spacial score (nSPS) is 22.3. The molecule has 1 fully saturated rings. The molecule has 1 unspecified atom stereocenters. The lowest BCUT2D eigenvalue weighted by Gasteiger charge is -2.45. The van der Waals surface area contributed by atoms with Crippen molar-refractivity contribution < 1.29 is 27.9 Å². The van der Waals surface area contributed by atoms with Gasteiger partial charge in [-0.25, -0.2) is 4.21 Å². The Labute approximate surface area is 281 Å². The summed E-state index contributed by atoms with van der Waals surface area (Å²) >= 11 is 0. The highest BCUT2D eigenvalue weighted by molar-refractivity contribution is 7.85. The Bertz CT molecular complexity index is 1520. The zero-order valence-electron chi connectivity index (χ0n) is 27.4. The SMILES string of the molecule is CC(C)(C)S(=O)/N=C/[C@@H]1O[C@H](COCc2ccccc2)[C@@H](OCc2ccccc2)[C@H](OCc2ccccc2)[C@H]1OCc1ccccc1. The topological polar surface area (TPSA) is 75.6 Å². The molecule has 0 saturated carbocycles. The van der Waals surface area contributed by atoms with Crippen molar-refractivity contribution in [1.29, 1.82) is 0 Å². The van der Waals surface area contributed by atoms with Crippen molar-refractivity contribution in [3.63, 3.8) is 0 Å². The molecule has 0 spiro atoms. The Hall–Kier alpha value is -3.50. The Morgan fingerprint density at radius 1 is 0.617 bits per heavy atom. The van der Waals surface area contributed by atoms with Crippen molar-refractivity contribution >= 4 is 17.2 Å². The smallest absolute Gasteiger partial charge is 0.144 e. The monoisotopic (exact) mass is 655 g/mol. The maximum Gasteiger partial charge on any atom is 0.144 e. The number of ether oxygens (including phenoxy) is 5. The van der Waals surface area contributed by atoms with Gasteiger partial charge in [0.25, 0.3) is 0 Å². The van der Waals surface area contributed by atoms with Crippen LogP contribution in [0, 0.1) is 0 Å². The van der Waals surface area contributed by atoms with E-state index in [9.17, 15) is 4.21 Å². The molecular weight excluding hydrogens is 610 g/mol. The summed E-state index contributed by atoms with van der Waals surface area (Å²) in [5.74, 6) is 0. The first-order chi connectivity index (χ1) is 22.9. The summed E-state index contributed by atoms with van der Waals surface area (Å²) < 4.78 is 50.0. The number of benzene rings is 4. The second-order valence-electron chi connectivity index (χ2n) is 12.5. The molecule has 0 aromatic heterocycles. The first kappa shape index (κ1) is 34.8. The summed E-state index contributed by atoms with van der Waals surface area (Å²) in [6.07, 6.45) is -1.32. The quantitative estimate of drug-likeness (QED) is 0.126. The van der Waals surface area contributed by atoms with Crippen LogP contribution < -0.4 is 0 Å². The van der Waals surface area contributed by atoms with Gasteiger partial charge in [-0.3, -0.25) is 0 Å². The fourth-order valence-electron chi connectivity index (χ4n) is 5.22. The van der Waals surface area contributed by atoms with Crippen LogP contribution in [0.4, 0.5) is 0 Å². The van der Waals surface area contributed by atoms with Crippen LogP contribution in [-0.4, -0.2) is 52.3 Å². The average Bonchev–Trinajstić information content (AvgIpc) is 3.10. The van der Waals surface area contributed by atoms with Gasteiger partial charge in [0.1, 0.15) is 41.5 Å². The van der Waals surface area contributed by atoms with Crippen LogP contribution in [0.2, 0.25) is 0 Å². The van der Waals surface area contributed by atoms with Gasteiger partial charge in [-0.1, -0.05) is 121 Å². The lowest BCUT2D eigenvalue weighted by Crippen LogP contribution is -2.61. The molecule has 1 heterocycles. The third kappa shape index (κ3) is 10.8. The van der Waals surface area contributed by atoms with Gasteiger partial charge in [0.05, 0.1) is 37.8 Å². The van der Waals surface area contributed by atoms with E-state index >= 15 is 0 Å². The lowest BCUT2D eigenvalue weighted by molar-refractivity contribution is -0.258. The van der Waals surface area contributed by atoms with E-state index in [1.54, 1.807) is 6.21 Å². The first-order valence-corrected chi connectivity index (χ1v) is 17.2. The molecule has 7 nitrogen and oxygen atoms in total. The zero-order chi connectivity index (χ0) is 32.9. The van der Waals surface area contributed by atoms with Crippen molar-refractivity contribution in [2.45, 2.75) is 82.5 Å². The van der Waals surface area contributed by atoms with Gasteiger partial charge >= 0.3 is 0 Å². The maximum absolute atomic E-state index is 13.1. The molecule has 0 N–H and O–H groups in total. The van der Waals surface area contributed by atoms with Crippen LogP contribution in [0.15, 0.2) is 126 Å². The molecule has 8 heteroatoms. The van der Waals surface area contributed by atoms with Gasteiger partial charge in [0, 0.05) is 6.21 Å². The average molecular weight is 656 g/mol. The Morgan fingerprint density at radius 2 is 1.02 bits per heavy atom. The highest BCUT2D eigenvalue weighted by atomic mass is 32.2. The Kier molecular flexibility index (Phi) is 13.0. The third-order valence-electron chi connectivity index (χ3n) is 7.75. The van der Waals surface area contributed by atoms with E-state index in [-0.39, 0.29) is 6.61 Å². The summed E-state index contributed by atoms with van der Waals surface area (Å²) in [5, 5.41) is 0. The molecule has 1 aliphatic rings. The Balaban J connectivity index is 1.47. The molecule has 248 valence electrons. The third-order valence-corrected chi connectivity index (χ3v) is 9.11. The molecule has 6 atom stereocenters. The van der Waals surface area contributed by atoms with E-state index in [1.807, 2.05) is 142 Å². The number of hydrogen-bond acceptors (Lipinski definition) is 6. The molecule has 0 aliphatic carbocycles. The minimum Gasteiger partial charge on any atom is -0.374 e. The molecule has 0 bridgehead atoms. The van der Waals surface area contributed by atoms with Crippen molar-refractivity contribution in [2.75, 3.05) is 6.61 Å². The van der Waals surface area contributed by atoms with Crippen molar-refractivity contribution in [1.82, 2.24) is 0 Å². The standard InChI is InChI=1S/C39H45NO6S/c1-39(2,3)47(41)40-24-34-36(43-26-31-18-10-5-11-19-31)38(45-28-33-22-14-7-15-23-33)37(44-27-32-20-12-6-13-21-32)35(46-34)29-42-25-30-16-8-4-9-17-30/h4-24,34-38H,25-29H2,1-3H3/b40-24+/t34-,35+,36-,37+,38+,47?/m0/s1. The van der Waals surface area contributed by atoms with E-state index < -0.39 is 46.3 Å². The molecule has 1 aliphatic heterocycles. The summed E-state index contributed by atoms with van der Waals surface area (Å²) in [5.41, 5.74) is 4.13. The molecule has 4 aromatic rings. The zero-order valence-corrected chi connectivity index (χ0v) is 28.2. The van der Waals surface area contributed by atoms with Gasteiger partial charge in [-0.15, -0.1) is 0 Å². The minimum atomic E-state index is -1.49. The van der Waals surface area contributed by atoms with Crippen LogP contribution >= 0.6 is 0 Å². The molecule has 5 rings (SSSR count). The predicted octanol–water partition coefficient (Wildman–Crippen LogP) is 7.26. The van der Waals surface area contributed by atoms with E-state index in [1.165, 1.54) is 0 Å². The molecular formula is C39H45NO6S. The largest absolute Gasteiger partial charge is 0.374 e.